The molecule has 0 bridgehead atoms. The molecule has 0 radical (unpaired) electrons. The van der Waals surface area contributed by atoms with Crippen molar-refractivity contribution in [2.45, 2.75) is 45.1 Å². The molecule has 1 aromatic heterocycles. The van der Waals surface area contributed by atoms with Crippen molar-refractivity contribution < 1.29 is 0 Å². The van der Waals surface area contributed by atoms with Gasteiger partial charge >= 0.3 is 0 Å². The van der Waals surface area contributed by atoms with Gasteiger partial charge in [-0.2, -0.15) is 0 Å². The van der Waals surface area contributed by atoms with Gasteiger partial charge < -0.3 is 0 Å². The first kappa shape index (κ1) is 19.3. The van der Waals surface area contributed by atoms with Crippen molar-refractivity contribution in [3.05, 3.63) is 107 Å². The van der Waals surface area contributed by atoms with Crippen molar-refractivity contribution >= 4 is 12.3 Å². The van der Waals surface area contributed by atoms with Crippen LogP contribution in [0.4, 0.5) is 0 Å². The minimum Gasteiger partial charge on any atom is -0.296 e. The summed E-state index contributed by atoms with van der Waals surface area (Å²) in [5.41, 5.74) is 8.93. The summed E-state index contributed by atoms with van der Waals surface area (Å²) in [6.45, 7) is 8.80. The molecule has 0 saturated carbocycles. The molecule has 1 atom stereocenters. The molecule has 4 rings (SSSR count). The molecule has 1 heterocycles. The maximum atomic E-state index is 4.29. The highest BCUT2D eigenvalue weighted by Gasteiger charge is 2.46. The van der Waals surface area contributed by atoms with E-state index in [0.29, 0.717) is 6.54 Å². The van der Waals surface area contributed by atoms with E-state index in [1.807, 2.05) is 12.4 Å². The van der Waals surface area contributed by atoms with Crippen molar-refractivity contribution in [1.29, 1.82) is 0 Å². The van der Waals surface area contributed by atoms with Crippen LogP contribution in [0.1, 0.15) is 55.4 Å². The van der Waals surface area contributed by atoms with E-state index in [9.17, 15) is 0 Å². The molecule has 0 saturated heterocycles. The Labute approximate surface area is 174 Å². The lowest BCUT2D eigenvalue weighted by molar-refractivity contribution is 0.726. The number of pyridine rings is 1. The first-order valence-corrected chi connectivity index (χ1v) is 10.4. The minimum atomic E-state index is -0.275. The minimum absolute atomic E-state index is 0.275. The van der Waals surface area contributed by atoms with E-state index in [0.717, 1.165) is 19.3 Å². The Morgan fingerprint density at radius 3 is 2.69 bits per heavy atom. The Kier molecular flexibility index (Phi) is 5.44. The fourth-order valence-corrected chi connectivity index (χ4v) is 4.83. The predicted molar refractivity (Wildman–Crippen MR) is 123 cm³/mol. The van der Waals surface area contributed by atoms with Crippen molar-refractivity contribution in [3.63, 3.8) is 0 Å². The molecule has 0 spiro atoms. The van der Waals surface area contributed by atoms with Crippen LogP contribution in [0.25, 0.3) is 5.57 Å². The number of aliphatic imine (C=N–C) groups is 1. The third-order valence-corrected chi connectivity index (χ3v) is 6.10. The van der Waals surface area contributed by atoms with Crippen LogP contribution in [0.15, 0.2) is 89.2 Å². The molecule has 146 valence electrons. The number of fused-ring (bicyclic) bond motifs is 1. The summed E-state index contributed by atoms with van der Waals surface area (Å²) in [6.07, 6.45) is 18.6. The smallest absolute Gasteiger partial charge is 0.0671 e. The third-order valence-electron chi connectivity index (χ3n) is 6.10. The van der Waals surface area contributed by atoms with Gasteiger partial charge in [-0.15, -0.1) is 0 Å². The number of aromatic nitrogens is 1. The van der Waals surface area contributed by atoms with E-state index in [-0.39, 0.29) is 5.41 Å². The summed E-state index contributed by atoms with van der Waals surface area (Å²) in [5.74, 6) is 0. The SMILES string of the molecule is C=NCc1ccc2c(c1)C(/C=C\CC)=C(C)C2(C1=CCCC=C1)c1ccncc1. The highest BCUT2D eigenvalue weighted by atomic mass is 14.7. The summed E-state index contributed by atoms with van der Waals surface area (Å²) in [5, 5.41) is 0. The van der Waals surface area contributed by atoms with Gasteiger partial charge in [-0.25, -0.2) is 0 Å². The van der Waals surface area contributed by atoms with Gasteiger partial charge in [-0.05, 0) is 90.1 Å². The van der Waals surface area contributed by atoms with Crippen LogP contribution in [0.3, 0.4) is 0 Å². The van der Waals surface area contributed by atoms with E-state index in [1.54, 1.807) is 0 Å². The molecule has 0 aliphatic heterocycles. The maximum absolute atomic E-state index is 4.29. The van der Waals surface area contributed by atoms with Crippen LogP contribution in [-0.4, -0.2) is 11.7 Å². The van der Waals surface area contributed by atoms with Gasteiger partial charge in [0.2, 0.25) is 0 Å². The molecule has 1 unspecified atom stereocenters. The summed E-state index contributed by atoms with van der Waals surface area (Å²) in [6, 6.07) is 11.1. The summed E-state index contributed by atoms with van der Waals surface area (Å²) >= 11 is 0. The van der Waals surface area contributed by atoms with Gasteiger partial charge in [0.1, 0.15) is 0 Å². The average Bonchev–Trinajstić information content (AvgIpc) is 3.01. The molecular formula is C27H28N2. The lowest BCUT2D eigenvalue weighted by atomic mass is 9.66. The molecule has 2 aliphatic carbocycles. The monoisotopic (exact) mass is 380 g/mol. The molecule has 29 heavy (non-hydrogen) atoms. The zero-order valence-corrected chi connectivity index (χ0v) is 17.4. The van der Waals surface area contributed by atoms with Crippen molar-refractivity contribution in [2.75, 3.05) is 0 Å². The summed E-state index contributed by atoms with van der Waals surface area (Å²) < 4.78 is 0. The van der Waals surface area contributed by atoms with Crippen molar-refractivity contribution in [1.82, 2.24) is 4.98 Å². The van der Waals surface area contributed by atoms with E-state index in [4.69, 9.17) is 0 Å². The van der Waals surface area contributed by atoms with E-state index in [1.165, 1.54) is 39.0 Å². The molecule has 0 amide bonds. The number of hydrogen-bond acceptors (Lipinski definition) is 2. The molecule has 2 nitrogen and oxygen atoms in total. The first-order chi connectivity index (χ1) is 14.2. The average molecular weight is 381 g/mol. The lowest BCUT2D eigenvalue weighted by Gasteiger charge is -2.36. The Bertz CT molecular complexity index is 1040. The second kappa shape index (κ2) is 8.16. The van der Waals surface area contributed by atoms with Crippen LogP contribution in [0.5, 0.6) is 0 Å². The Morgan fingerprint density at radius 2 is 2.00 bits per heavy atom. The molecule has 2 heteroatoms. The van der Waals surface area contributed by atoms with Crippen LogP contribution >= 0.6 is 0 Å². The zero-order chi connectivity index (χ0) is 20.3. The normalized spacial score (nSPS) is 20.8. The van der Waals surface area contributed by atoms with Crippen LogP contribution in [0.2, 0.25) is 0 Å². The molecule has 2 aliphatic rings. The highest BCUT2D eigenvalue weighted by Crippen LogP contribution is 2.55. The fraction of sp³-hybridized carbons (Fsp3) is 0.259. The van der Waals surface area contributed by atoms with E-state index >= 15 is 0 Å². The van der Waals surface area contributed by atoms with Crippen LogP contribution < -0.4 is 0 Å². The molecular weight excluding hydrogens is 352 g/mol. The zero-order valence-electron chi connectivity index (χ0n) is 17.4. The van der Waals surface area contributed by atoms with Crippen molar-refractivity contribution in [3.8, 4) is 0 Å². The van der Waals surface area contributed by atoms with Crippen LogP contribution in [0, 0.1) is 0 Å². The van der Waals surface area contributed by atoms with E-state index in [2.05, 4.69) is 91.3 Å². The topological polar surface area (TPSA) is 25.2 Å². The van der Waals surface area contributed by atoms with Gasteiger partial charge in [-0.3, -0.25) is 9.98 Å². The fourth-order valence-electron chi connectivity index (χ4n) is 4.83. The van der Waals surface area contributed by atoms with Crippen molar-refractivity contribution in [2.24, 2.45) is 4.99 Å². The number of nitrogens with zero attached hydrogens (tertiary/aromatic N) is 2. The number of hydrogen-bond donors (Lipinski definition) is 0. The standard InChI is InChI=1S/C27H28N2/c1-4-5-11-24-20(2)27(22-9-7-6-8-10-22,23-14-16-29-17-15-23)26-13-12-21(19-28-3)18-25(24)26/h5,7,9-18H,3-4,6,8,19H2,1-2H3/b11-5-. The summed E-state index contributed by atoms with van der Waals surface area (Å²) in [4.78, 5) is 8.40. The third kappa shape index (κ3) is 3.13. The Balaban J connectivity index is 2.06. The second-order valence-electron chi connectivity index (χ2n) is 7.74. The largest absolute Gasteiger partial charge is 0.296 e. The predicted octanol–water partition coefficient (Wildman–Crippen LogP) is 6.60. The number of benzene rings is 1. The first-order valence-electron chi connectivity index (χ1n) is 10.4. The van der Waals surface area contributed by atoms with E-state index < -0.39 is 0 Å². The lowest BCUT2D eigenvalue weighted by Crippen LogP contribution is -2.30. The quantitative estimate of drug-likeness (QED) is 0.518. The molecule has 0 N–H and O–H groups in total. The Hall–Kier alpha value is -3.00. The summed E-state index contributed by atoms with van der Waals surface area (Å²) in [7, 11) is 0. The molecule has 2 aromatic rings. The van der Waals surface area contributed by atoms with Gasteiger partial charge in [-0.1, -0.05) is 49.4 Å². The van der Waals surface area contributed by atoms with Gasteiger partial charge in [0.15, 0.2) is 0 Å². The Morgan fingerprint density at radius 1 is 1.17 bits per heavy atom. The molecule has 1 aromatic carbocycles. The van der Waals surface area contributed by atoms with Gasteiger partial charge in [0.25, 0.3) is 0 Å². The highest BCUT2D eigenvalue weighted by molar-refractivity contribution is 5.90. The van der Waals surface area contributed by atoms with Gasteiger partial charge in [0, 0.05) is 12.4 Å². The number of allylic oxidation sites excluding steroid dienone is 8. The van der Waals surface area contributed by atoms with Crippen LogP contribution in [-0.2, 0) is 12.0 Å². The number of rotatable bonds is 6. The van der Waals surface area contributed by atoms with Gasteiger partial charge in [0.05, 0.1) is 12.0 Å². The second-order valence-corrected chi connectivity index (χ2v) is 7.74. The maximum Gasteiger partial charge on any atom is 0.0671 e. The molecule has 0 fully saturated rings.